The van der Waals surface area contributed by atoms with E-state index in [1.165, 1.54) is 0 Å². The lowest BCUT2D eigenvalue weighted by Gasteiger charge is -2.36. The summed E-state index contributed by atoms with van der Waals surface area (Å²) in [6.07, 6.45) is 3.13. The number of benzene rings is 1. The van der Waals surface area contributed by atoms with Crippen molar-refractivity contribution < 1.29 is 19.4 Å². The van der Waals surface area contributed by atoms with Gasteiger partial charge in [0.2, 0.25) is 0 Å². The molecular weight excluding hydrogens is 316 g/mol. The van der Waals surface area contributed by atoms with Gasteiger partial charge in [0.25, 0.3) is 0 Å². The van der Waals surface area contributed by atoms with E-state index in [0.717, 1.165) is 18.4 Å². The molecule has 0 bridgehead atoms. The van der Waals surface area contributed by atoms with E-state index in [2.05, 4.69) is 0 Å². The molecule has 1 spiro atoms. The second-order valence-corrected chi connectivity index (χ2v) is 6.86. The van der Waals surface area contributed by atoms with Gasteiger partial charge in [-0.1, -0.05) is 23.7 Å². The second-order valence-electron chi connectivity index (χ2n) is 6.46. The predicted octanol–water partition coefficient (Wildman–Crippen LogP) is 4.05. The number of aliphatic hydroxyl groups is 1. The third kappa shape index (κ3) is 2.74. The molecule has 2 unspecified atom stereocenters. The SMILES string of the molecule is COCC1CCCC2(C1)OC(=O)C(c1c(C)cccc1Cl)=C2O. The molecule has 1 N–H and O–H groups in total. The van der Waals surface area contributed by atoms with Crippen LogP contribution >= 0.6 is 11.6 Å². The van der Waals surface area contributed by atoms with Crippen molar-refractivity contribution in [3.05, 3.63) is 40.1 Å². The Balaban J connectivity index is 2.04. The second kappa shape index (κ2) is 6.17. The molecule has 23 heavy (non-hydrogen) atoms. The molecule has 124 valence electrons. The zero-order valence-electron chi connectivity index (χ0n) is 13.4. The van der Waals surface area contributed by atoms with E-state index < -0.39 is 11.6 Å². The normalized spacial score (nSPS) is 27.6. The number of halogens is 1. The lowest BCUT2D eigenvalue weighted by molar-refractivity contribution is -0.151. The van der Waals surface area contributed by atoms with Gasteiger partial charge in [0.15, 0.2) is 11.4 Å². The number of aryl methyl sites for hydroxylation is 1. The first-order valence-corrected chi connectivity index (χ1v) is 8.28. The molecule has 1 heterocycles. The summed E-state index contributed by atoms with van der Waals surface area (Å²) < 4.78 is 10.9. The summed E-state index contributed by atoms with van der Waals surface area (Å²) in [4.78, 5) is 12.5. The minimum atomic E-state index is -0.917. The Bertz CT molecular complexity index is 645. The molecule has 0 aromatic heterocycles. The summed E-state index contributed by atoms with van der Waals surface area (Å²) >= 11 is 6.27. The quantitative estimate of drug-likeness (QED) is 0.846. The van der Waals surface area contributed by atoms with Crippen LogP contribution in [0, 0.1) is 12.8 Å². The molecule has 2 aliphatic rings. The highest BCUT2D eigenvalue weighted by Gasteiger charge is 2.51. The van der Waals surface area contributed by atoms with Crippen molar-refractivity contribution in [2.24, 2.45) is 5.92 Å². The molecule has 1 saturated carbocycles. The maximum Gasteiger partial charge on any atom is 0.343 e. The number of hydrogen-bond donors (Lipinski definition) is 1. The van der Waals surface area contributed by atoms with Gasteiger partial charge in [0.1, 0.15) is 5.57 Å². The number of aliphatic hydroxyl groups excluding tert-OH is 1. The average molecular weight is 337 g/mol. The van der Waals surface area contributed by atoms with Crippen LogP contribution in [0.25, 0.3) is 5.57 Å². The van der Waals surface area contributed by atoms with Crippen molar-refractivity contribution >= 4 is 23.1 Å². The summed E-state index contributed by atoms with van der Waals surface area (Å²) in [5, 5.41) is 11.3. The lowest BCUT2D eigenvalue weighted by Crippen LogP contribution is -2.39. The van der Waals surface area contributed by atoms with Crippen LogP contribution in [-0.2, 0) is 14.3 Å². The molecule has 1 aliphatic carbocycles. The maximum absolute atomic E-state index is 12.5. The Morgan fingerprint density at radius 1 is 1.48 bits per heavy atom. The fourth-order valence-corrected chi connectivity index (χ4v) is 4.12. The first-order valence-electron chi connectivity index (χ1n) is 7.90. The highest BCUT2D eigenvalue weighted by Crippen LogP contribution is 2.48. The Kier molecular flexibility index (Phi) is 4.39. The number of esters is 1. The van der Waals surface area contributed by atoms with Gasteiger partial charge in [-0.2, -0.15) is 0 Å². The van der Waals surface area contributed by atoms with Gasteiger partial charge in [-0.3, -0.25) is 0 Å². The first-order chi connectivity index (χ1) is 11.0. The maximum atomic E-state index is 12.5. The van der Waals surface area contributed by atoms with E-state index in [-0.39, 0.29) is 17.3 Å². The summed E-state index contributed by atoms with van der Waals surface area (Å²) in [5.74, 6) is -0.188. The smallest absolute Gasteiger partial charge is 0.343 e. The highest BCUT2D eigenvalue weighted by molar-refractivity contribution is 6.35. The molecule has 1 aliphatic heterocycles. The van der Waals surface area contributed by atoms with Crippen molar-refractivity contribution in [2.75, 3.05) is 13.7 Å². The van der Waals surface area contributed by atoms with E-state index in [4.69, 9.17) is 21.1 Å². The minimum absolute atomic E-state index is 0.0273. The third-order valence-corrected chi connectivity index (χ3v) is 5.16. The number of carbonyl (C=O) groups excluding carboxylic acids is 1. The van der Waals surface area contributed by atoms with Crippen LogP contribution in [0.4, 0.5) is 0 Å². The molecule has 2 atom stereocenters. The van der Waals surface area contributed by atoms with Gasteiger partial charge in [0.05, 0.1) is 0 Å². The Morgan fingerprint density at radius 2 is 2.26 bits per heavy atom. The van der Waals surface area contributed by atoms with Gasteiger partial charge >= 0.3 is 5.97 Å². The molecule has 1 fully saturated rings. The molecule has 0 amide bonds. The molecule has 0 radical (unpaired) electrons. The fraction of sp³-hybridized carbons (Fsp3) is 0.500. The third-order valence-electron chi connectivity index (χ3n) is 4.85. The number of hydrogen-bond acceptors (Lipinski definition) is 4. The summed E-state index contributed by atoms with van der Waals surface area (Å²) in [7, 11) is 1.66. The zero-order chi connectivity index (χ0) is 16.6. The summed E-state index contributed by atoms with van der Waals surface area (Å²) in [6, 6.07) is 5.41. The van der Waals surface area contributed by atoms with Crippen LogP contribution in [0.15, 0.2) is 24.0 Å². The van der Waals surface area contributed by atoms with E-state index in [9.17, 15) is 9.90 Å². The van der Waals surface area contributed by atoms with Crippen LogP contribution in [0.1, 0.15) is 36.8 Å². The van der Waals surface area contributed by atoms with Crippen molar-refractivity contribution in [1.82, 2.24) is 0 Å². The molecule has 4 nitrogen and oxygen atoms in total. The Morgan fingerprint density at radius 3 is 2.96 bits per heavy atom. The monoisotopic (exact) mass is 336 g/mol. The number of methoxy groups -OCH3 is 1. The Labute approximate surface area is 141 Å². The lowest BCUT2D eigenvalue weighted by atomic mass is 9.76. The topological polar surface area (TPSA) is 55.8 Å². The first kappa shape index (κ1) is 16.3. The van der Waals surface area contributed by atoms with Gasteiger partial charge in [-0.15, -0.1) is 0 Å². The van der Waals surface area contributed by atoms with Crippen LogP contribution in [0.3, 0.4) is 0 Å². The minimum Gasteiger partial charge on any atom is -0.507 e. The van der Waals surface area contributed by atoms with Crippen molar-refractivity contribution in [1.29, 1.82) is 0 Å². The summed E-state index contributed by atoms with van der Waals surface area (Å²) in [5.41, 5.74) is 0.713. The predicted molar refractivity (Wildman–Crippen MR) is 88.4 cm³/mol. The van der Waals surface area contributed by atoms with E-state index in [1.807, 2.05) is 19.1 Å². The molecular formula is C18H21ClO4. The molecule has 3 rings (SSSR count). The molecule has 1 aromatic carbocycles. The molecule has 1 aromatic rings. The zero-order valence-corrected chi connectivity index (χ0v) is 14.2. The van der Waals surface area contributed by atoms with Gasteiger partial charge in [0, 0.05) is 24.3 Å². The van der Waals surface area contributed by atoms with Crippen LogP contribution in [-0.4, -0.2) is 30.4 Å². The van der Waals surface area contributed by atoms with Gasteiger partial charge < -0.3 is 14.6 Å². The van der Waals surface area contributed by atoms with Crippen molar-refractivity contribution in [3.63, 3.8) is 0 Å². The van der Waals surface area contributed by atoms with E-state index >= 15 is 0 Å². The van der Waals surface area contributed by atoms with Crippen molar-refractivity contribution in [2.45, 2.75) is 38.2 Å². The molecule has 0 saturated heterocycles. The van der Waals surface area contributed by atoms with Crippen LogP contribution in [0.2, 0.25) is 5.02 Å². The van der Waals surface area contributed by atoms with E-state index in [0.29, 0.717) is 30.0 Å². The van der Waals surface area contributed by atoms with Crippen LogP contribution in [0.5, 0.6) is 0 Å². The summed E-state index contributed by atoms with van der Waals surface area (Å²) in [6.45, 7) is 2.47. The largest absolute Gasteiger partial charge is 0.507 e. The van der Waals surface area contributed by atoms with Gasteiger partial charge in [-0.05, 0) is 50.2 Å². The van der Waals surface area contributed by atoms with Crippen molar-refractivity contribution in [3.8, 4) is 0 Å². The number of carbonyl (C=O) groups is 1. The molecule has 5 heteroatoms. The standard InChI is InChI=1S/C18H21ClO4/c1-11-5-3-7-13(19)14(11)15-16(20)18(23-17(15)21)8-4-6-12(9-18)10-22-2/h3,5,7,12,20H,4,6,8-10H2,1-2H3. The van der Waals surface area contributed by atoms with Crippen LogP contribution < -0.4 is 0 Å². The Hall–Kier alpha value is -1.52. The van der Waals surface area contributed by atoms with Gasteiger partial charge in [-0.25, -0.2) is 4.79 Å². The average Bonchev–Trinajstić information content (AvgIpc) is 2.72. The highest BCUT2D eigenvalue weighted by atomic mass is 35.5. The number of rotatable bonds is 3. The fourth-order valence-electron chi connectivity index (χ4n) is 3.80. The number of ether oxygens (including phenoxy) is 2. The van der Waals surface area contributed by atoms with E-state index in [1.54, 1.807) is 13.2 Å².